The van der Waals surface area contributed by atoms with Crippen LogP contribution in [0.3, 0.4) is 0 Å². The molecule has 2 heterocycles. The molecule has 136 valence electrons. The van der Waals surface area contributed by atoms with E-state index in [1.165, 1.54) is 12.3 Å². The third-order valence-corrected chi connectivity index (χ3v) is 3.03. The van der Waals surface area contributed by atoms with Crippen LogP contribution < -0.4 is 10.6 Å². The molecule has 0 unspecified atom stereocenters. The minimum absolute atomic E-state index is 0.122. The van der Waals surface area contributed by atoms with Crippen LogP contribution in [0.15, 0.2) is 33.4 Å². The quantitative estimate of drug-likeness (QED) is 0.859. The van der Waals surface area contributed by atoms with E-state index in [4.69, 9.17) is 13.7 Å². The van der Waals surface area contributed by atoms with E-state index in [2.05, 4.69) is 15.8 Å². The van der Waals surface area contributed by atoms with Crippen molar-refractivity contribution in [2.75, 3.05) is 6.54 Å². The molecule has 8 nitrogen and oxygen atoms in total. The lowest BCUT2D eigenvalue weighted by molar-refractivity contribution is 0.0509. The highest BCUT2D eigenvalue weighted by Gasteiger charge is 2.25. The molecule has 2 rings (SSSR count). The van der Waals surface area contributed by atoms with Crippen LogP contribution in [0.25, 0.3) is 11.5 Å². The van der Waals surface area contributed by atoms with Crippen molar-refractivity contribution >= 4 is 12.0 Å². The lowest BCUT2D eigenvalue weighted by Gasteiger charge is -2.27. The highest BCUT2D eigenvalue weighted by molar-refractivity contribution is 5.93. The number of carbonyl (C=O) groups excluding carboxylic acids is 2. The van der Waals surface area contributed by atoms with Crippen LogP contribution in [0.2, 0.25) is 0 Å². The molecule has 8 heteroatoms. The fraction of sp³-hybridized carbons (Fsp3) is 0.471. The molecule has 0 bridgehead atoms. The zero-order chi connectivity index (χ0) is 18.7. The second kappa shape index (κ2) is 7.00. The molecule has 2 amide bonds. The van der Waals surface area contributed by atoms with Crippen LogP contribution in [0, 0.1) is 0 Å². The topological polar surface area (TPSA) is 107 Å². The van der Waals surface area contributed by atoms with Crippen LogP contribution in [-0.2, 0) is 4.74 Å². The van der Waals surface area contributed by atoms with Gasteiger partial charge in [0.05, 0.1) is 11.8 Å². The molecule has 2 N–H and O–H groups in total. The zero-order valence-electron chi connectivity index (χ0n) is 15.0. The summed E-state index contributed by atoms with van der Waals surface area (Å²) in [6.07, 6.45) is 0.958. The monoisotopic (exact) mass is 349 g/mol. The predicted octanol–water partition coefficient (Wildman–Crippen LogP) is 2.97. The Morgan fingerprint density at radius 1 is 1.20 bits per heavy atom. The summed E-state index contributed by atoms with van der Waals surface area (Å²) in [5.74, 6) is 0.426. The number of aromatic nitrogens is 1. The Labute approximate surface area is 145 Å². The molecule has 0 aliphatic carbocycles. The van der Waals surface area contributed by atoms with E-state index in [1.807, 2.05) is 0 Å². The van der Waals surface area contributed by atoms with E-state index in [-0.39, 0.29) is 12.2 Å². The molecule has 0 aromatic carbocycles. The van der Waals surface area contributed by atoms with Gasteiger partial charge in [0.25, 0.3) is 5.91 Å². The lowest BCUT2D eigenvalue weighted by Crippen LogP contribution is -2.52. The third kappa shape index (κ3) is 5.66. The number of alkyl carbamates (subject to hydrolysis) is 1. The average molecular weight is 349 g/mol. The first-order valence-corrected chi connectivity index (χ1v) is 7.86. The summed E-state index contributed by atoms with van der Waals surface area (Å²) in [4.78, 5) is 24.0. The van der Waals surface area contributed by atoms with Crippen molar-refractivity contribution in [3.05, 3.63) is 30.2 Å². The number of nitrogens with one attached hydrogen (secondary N) is 2. The zero-order valence-corrected chi connectivity index (χ0v) is 15.0. The van der Waals surface area contributed by atoms with Gasteiger partial charge in [0.15, 0.2) is 11.5 Å². The largest absolute Gasteiger partial charge is 0.461 e. The van der Waals surface area contributed by atoms with Gasteiger partial charge in [0.2, 0.25) is 5.76 Å². The van der Waals surface area contributed by atoms with Gasteiger partial charge < -0.3 is 24.3 Å². The van der Waals surface area contributed by atoms with Gasteiger partial charge in [-0.3, -0.25) is 4.79 Å². The summed E-state index contributed by atoms with van der Waals surface area (Å²) in [5.41, 5.74) is -1.17. The van der Waals surface area contributed by atoms with Crippen LogP contribution in [0.5, 0.6) is 0 Å². The first-order valence-electron chi connectivity index (χ1n) is 7.86. The van der Waals surface area contributed by atoms with Gasteiger partial charge in [-0.25, -0.2) is 4.79 Å². The van der Waals surface area contributed by atoms with Crippen LogP contribution in [0.4, 0.5) is 4.79 Å². The standard InChI is InChI=1S/C17H23N3O5/c1-16(2,3)24-15(22)18-10-17(4,5)19-14(21)11-9-13(25-20-11)12-7-6-8-23-12/h6-9H,10H2,1-5H3,(H,18,22)(H,19,21). The fourth-order valence-electron chi connectivity index (χ4n) is 1.94. The summed E-state index contributed by atoms with van der Waals surface area (Å²) in [7, 11) is 0. The molecule has 0 fully saturated rings. The van der Waals surface area contributed by atoms with Crippen molar-refractivity contribution in [1.29, 1.82) is 0 Å². The van der Waals surface area contributed by atoms with Crippen molar-refractivity contribution in [3.63, 3.8) is 0 Å². The second-order valence-corrected chi connectivity index (χ2v) is 7.25. The summed E-state index contributed by atoms with van der Waals surface area (Å²) < 4.78 is 15.5. The van der Waals surface area contributed by atoms with Gasteiger partial charge in [-0.15, -0.1) is 0 Å². The molecule has 2 aromatic heterocycles. The summed E-state index contributed by atoms with van der Waals surface area (Å²) in [5, 5.41) is 9.16. The summed E-state index contributed by atoms with van der Waals surface area (Å²) >= 11 is 0. The van der Waals surface area contributed by atoms with E-state index >= 15 is 0 Å². The van der Waals surface area contributed by atoms with Crippen molar-refractivity contribution in [2.24, 2.45) is 0 Å². The molecule has 0 atom stereocenters. The van der Waals surface area contributed by atoms with E-state index in [9.17, 15) is 9.59 Å². The summed E-state index contributed by atoms with van der Waals surface area (Å²) in [6, 6.07) is 4.91. The molecule has 2 aromatic rings. The smallest absolute Gasteiger partial charge is 0.407 e. The number of ether oxygens (including phenoxy) is 1. The molecule has 0 radical (unpaired) electrons. The Morgan fingerprint density at radius 2 is 1.92 bits per heavy atom. The highest BCUT2D eigenvalue weighted by Crippen LogP contribution is 2.20. The van der Waals surface area contributed by atoms with Crippen molar-refractivity contribution in [2.45, 2.75) is 45.8 Å². The molecular formula is C17H23N3O5. The number of furan rings is 1. The SMILES string of the molecule is CC(C)(CNC(=O)OC(C)(C)C)NC(=O)c1cc(-c2ccco2)on1. The van der Waals surface area contributed by atoms with Crippen molar-refractivity contribution in [3.8, 4) is 11.5 Å². The predicted molar refractivity (Wildman–Crippen MR) is 90.0 cm³/mol. The number of nitrogens with zero attached hydrogens (tertiary/aromatic N) is 1. The first-order chi connectivity index (χ1) is 11.6. The van der Waals surface area contributed by atoms with Crippen LogP contribution in [-0.4, -0.2) is 34.8 Å². The van der Waals surface area contributed by atoms with Gasteiger partial charge in [-0.05, 0) is 46.8 Å². The third-order valence-electron chi connectivity index (χ3n) is 3.03. The minimum atomic E-state index is -0.711. The first kappa shape index (κ1) is 18.6. The maximum Gasteiger partial charge on any atom is 0.407 e. The van der Waals surface area contributed by atoms with Gasteiger partial charge in [0, 0.05) is 12.6 Å². The molecule has 0 saturated heterocycles. The Balaban J connectivity index is 1.91. The van der Waals surface area contributed by atoms with E-state index in [1.54, 1.807) is 46.8 Å². The fourth-order valence-corrected chi connectivity index (χ4v) is 1.94. The Morgan fingerprint density at radius 3 is 2.52 bits per heavy atom. The average Bonchev–Trinajstić information content (AvgIpc) is 3.13. The molecule has 0 aliphatic rings. The second-order valence-electron chi connectivity index (χ2n) is 7.25. The van der Waals surface area contributed by atoms with E-state index in [0.717, 1.165) is 0 Å². The number of carbonyl (C=O) groups is 2. The van der Waals surface area contributed by atoms with Gasteiger partial charge in [0.1, 0.15) is 5.60 Å². The van der Waals surface area contributed by atoms with Crippen LogP contribution in [0.1, 0.15) is 45.1 Å². The van der Waals surface area contributed by atoms with E-state index in [0.29, 0.717) is 11.5 Å². The molecule has 0 aliphatic heterocycles. The minimum Gasteiger partial charge on any atom is -0.461 e. The maximum atomic E-state index is 12.3. The van der Waals surface area contributed by atoms with Gasteiger partial charge >= 0.3 is 6.09 Å². The molecular weight excluding hydrogens is 326 g/mol. The summed E-state index contributed by atoms with van der Waals surface area (Å²) in [6.45, 7) is 9.07. The number of hydrogen-bond acceptors (Lipinski definition) is 6. The Kier molecular flexibility index (Phi) is 5.20. The Hall–Kier alpha value is -2.77. The van der Waals surface area contributed by atoms with Gasteiger partial charge in [-0.1, -0.05) is 5.16 Å². The lowest BCUT2D eigenvalue weighted by atomic mass is 10.1. The van der Waals surface area contributed by atoms with Gasteiger partial charge in [-0.2, -0.15) is 0 Å². The van der Waals surface area contributed by atoms with Crippen molar-refractivity contribution < 1.29 is 23.3 Å². The molecule has 0 saturated carbocycles. The van der Waals surface area contributed by atoms with Crippen molar-refractivity contribution in [1.82, 2.24) is 15.8 Å². The maximum absolute atomic E-state index is 12.3. The normalized spacial score (nSPS) is 11.9. The molecule has 0 spiro atoms. The highest BCUT2D eigenvalue weighted by atomic mass is 16.6. The van der Waals surface area contributed by atoms with Crippen LogP contribution >= 0.6 is 0 Å². The number of amides is 2. The molecule has 25 heavy (non-hydrogen) atoms. The van der Waals surface area contributed by atoms with E-state index < -0.39 is 23.1 Å². The number of rotatable bonds is 5. The number of hydrogen-bond donors (Lipinski definition) is 2. The Bertz CT molecular complexity index is 726.